The Balaban J connectivity index is 1.44. The molecule has 0 aliphatic carbocycles. The van der Waals surface area contributed by atoms with Crippen molar-refractivity contribution >= 4 is 45.1 Å². The maximum Gasteiger partial charge on any atom is 0.329 e. The average Bonchev–Trinajstić information content (AvgIpc) is 3.26. The van der Waals surface area contributed by atoms with Crippen LogP contribution in [0.1, 0.15) is 15.9 Å². The first-order chi connectivity index (χ1) is 12.6. The molecule has 2 heterocycles. The van der Waals surface area contributed by atoms with Gasteiger partial charge in [-0.15, -0.1) is 11.3 Å². The monoisotopic (exact) mass is 366 g/mol. The van der Waals surface area contributed by atoms with E-state index in [2.05, 4.69) is 15.6 Å². The normalized spacial score (nSPS) is 13.9. The lowest BCUT2D eigenvalue weighted by atomic mass is 10.1. The Morgan fingerprint density at radius 3 is 2.73 bits per heavy atom. The zero-order valence-corrected chi connectivity index (χ0v) is 14.4. The molecule has 0 bridgehead atoms. The first-order valence-electron chi connectivity index (χ1n) is 7.92. The molecule has 2 aromatic carbocycles. The molecule has 1 aliphatic rings. The van der Waals surface area contributed by atoms with Crippen molar-refractivity contribution in [1.29, 1.82) is 0 Å². The van der Waals surface area contributed by atoms with Gasteiger partial charge in [0.1, 0.15) is 6.54 Å². The number of fused-ring (bicyclic) bond motifs is 1. The highest BCUT2D eigenvalue weighted by Gasteiger charge is 2.27. The molecule has 4 rings (SSSR count). The highest BCUT2D eigenvalue weighted by atomic mass is 32.1. The smallest absolute Gasteiger partial charge is 0.329 e. The van der Waals surface area contributed by atoms with Crippen LogP contribution in [0.4, 0.5) is 10.5 Å². The highest BCUT2D eigenvalue weighted by molar-refractivity contribution is 7.16. The minimum absolute atomic E-state index is 0.0107. The van der Waals surface area contributed by atoms with E-state index in [-0.39, 0.29) is 18.4 Å². The number of carbonyl (C=O) groups is 3. The summed E-state index contributed by atoms with van der Waals surface area (Å²) in [5, 5.41) is 5.11. The Morgan fingerprint density at radius 2 is 2.00 bits per heavy atom. The number of rotatable bonds is 4. The molecule has 0 atom stereocenters. The molecule has 1 aromatic heterocycles. The summed E-state index contributed by atoms with van der Waals surface area (Å²) < 4.78 is 1.06. The number of thiazole rings is 1. The summed E-state index contributed by atoms with van der Waals surface area (Å²) >= 11 is 1.54. The molecule has 1 aliphatic heterocycles. The molecule has 1 fully saturated rings. The van der Waals surface area contributed by atoms with Gasteiger partial charge < -0.3 is 5.32 Å². The van der Waals surface area contributed by atoms with E-state index >= 15 is 0 Å². The number of anilines is 1. The van der Waals surface area contributed by atoms with E-state index in [1.54, 1.807) is 41.1 Å². The summed E-state index contributed by atoms with van der Waals surface area (Å²) in [4.78, 5) is 40.9. The Bertz CT molecular complexity index is 1010. The first-order valence-corrected chi connectivity index (χ1v) is 8.80. The number of nitrogens with one attached hydrogen (secondary N) is 2. The predicted octanol–water partition coefficient (Wildman–Crippen LogP) is 2.28. The number of hydrogen-bond acceptors (Lipinski definition) is 5. The molecule has 130 valence electrons. The quantitative estimate of drug-likeness (QED) is 0.693. The fourth-order valence-corrected chi connectivity index (χ4v) is 3.61. The number of amides is 4. The van der Waals surface area contributed by atoms with Crippen molar-refractivity contribution in [3.8, 4) is 0 Å². The van der Waals surface area contributed by atoms with Crippen LogP contribution in [0.25, 0.3) is 10.2 Å². The summed E-state index contributed by atoms with van der Waals surface area (Å²) in [6, 6.07) is 11.9. The molecule has 0 unspecified atom stereocenters. The predicted molar refractivity (Wildman–Crippen MR) is 98.1 cm³/mol. The van der Waals surface area contributed by atoms with Gasteiger partial charge in [0.2, 0.25) is 5.91 Å². The fourth-order valence-electron chi connectivity index (χ4n) is 2.80. The van der Waals surface area contributed by atoms with Gasteiger partial charge in [-0.3, -0.25) is 19.8 Å². The van der Waals surface area contributed by atoms with Crippen LogP contribution >= 0.6 is 11.3 Å². The van der Waals surface area contributed by atoms with Crippen molar-refractivity contribution in [3.05, 3.63) is 59.1 Å². The van der Waals surface area contributed by atoms with Crippen LogP contribution < -0.4 is 15.5 Å². The van der Waals surface area contributed by atoms with Crippen molar-refractivity contribution in [3.63, 3.8) is 0 Å². The van der Waals surface area contributed by atoms with Crippen LogP contribution in [0.15, 0.2) is 48.0 Å². The van der Waals surface area contributed by atoms with Crippen LogP contribution in [0, 0.1) is 0 Å². The number of hydrogen-bond donors (Lipinski definition) is 2. The standard InChI is InChI=1S/C18H14N4O3S/c23-15-9-22(18(25)21-15)13-6-4-11(5-7-13)17(24)19-8-12-2-1-3-14-16(12)26-10-20-14/h1-7,10H,8-9H2,(H,19,24)(H,21,23,25). The van der Waals surface area contributed by atoms with Gasteiger partial charge in [0.25, 0.3) is 5.91 Å². The van der Waals surface area contributed by atoms with E-state index in [4.69, 9.17) is 0 Å². The van der Waals surface area contributed by atoms with E-state index in [1.165, 1.54) is 4.90 Å². The molecule has 1 saturated heterocycles. The Hall–Kier alpha value is -3.26. The Kier molecular flexibility index (Phi) is 4.10. The molecule has 4 amide bonds. The summed E-state index contributed by atoms with van der Waals surface area (Å²) in [5.74, 6) is -0.547. The molecule has 0 saturated carbocycles. The Morgan fingerprint density at radius 1 is 1.19 bits per heavy atom. The van der Waals surface area contributed by atoms with E-state index in [0.717, 1.165) is 15.8 Å². The molecule has 8 heteroatoms. The molecule has 0 radical (unpaired) electrons. The summed E-state index contributed by atoms with van der Waals surface area (Å²) in [6.45, 7) is 0.395. The molecule has 0 spiro atoms. The van der Waals surface area contributed by atoms with Crippen LogP contribution in [-0.2, 0) is 11.3 Å². The number of imide groups is 1. The van der Waals surface area contributed by atoms with Crippen molar-refractivity contribution in [2.24, 2.45) is 0 Å². The van der Waals surface area contributed by atoms with Gasteiger partial charge in [0.15, 0.2) is 0 Å². The lowest BCUT2D eigenvalue weighted by Crippen LogP contribution is -2.28. The third kappa shape index (κ3) is 3.02. The minimum Gasteiger partial charge on any atom is -0.348 e. The lowest BCUT2D eigenvalue weighted by Gasteiger charge is -2.13. The molecular formula is C18H14N4O3S. The number of aromatic nitrogens is 1. The summed E-state index contributed by atoms with van der Waals surface area (Å²) in [7, 11) is 0. The minimum atomic E-state index is -0.454. The van der Waals surface area contributed by atoms with Crippen LogP contribution in [-0.4, -0.2) is 29.4 Å². The molecular weight excluding hydrogens is 352 g/mol. The summed E-state index contributed by atoms with van der Waals surface area (Å²) in [5.41, 5.74) is 4.77. The van der Waals surface area contributed by atoms with Crippen molar-refractivity contribution in [2.45, 2.75) is 6.54 Å². The molecule has 26 heavy (non-hydrogen) atoms. The average molecular weight is 366 g/mol. The fraction of sp³-hybridized carbons (Fsp3) is 0.111. The van der Waals surface area contributed by atoms with Crippen molar-refractivity contribution in [2.75, 3.05) is 11.4 Å². The lowest BCUT2D eigenvalue weighted by molar-refractivity contribution is -0.117. The molecule has 7 nitrogen and oxygen atoms in total. The third-order valence-electron chi connectivity index (χ3n) is 4.11. The Labute approximate surface area is 152 Å². The SMILES string of the molecule is O=C1CN(c2ccc(C(=O)NCc3cccc4ncsc34)cc2)C(=O)N1. The molecule has 2 N–H and O–H groups in total. The number of urea groups is 1. The second-order valence-corrected chi connectivity index (χ2v) is 6.64. The van der Waals surface area contributed by atoms with Gasteiger partial charge in [-0.25, -0.2) is 9.78 Å². The van der Waals surface area contributed by atoms with Gasteiger partial charge >= 0.3 is 6.03 Å². The van der Waals surface area contributed by atoms with Crippen LogP contribution in [0.5, 0.6) is 0 Å². The van der Waals surface area contributed by atoms with Gasteiger partial charge in [-0.1, -0.05) is 12.1 Å². The van der Waals surface area contributed by atoms with E-state index in [9.17, 15) is 14.4 Å². The topological polar surface area (TPSA) is 91.4 Å². The number of carbonyl (C=O) groups excluding carboxylic acids is 3. The van der Waals surface area contributed by atoms with Crippen molar-refractivity contribution < 1.29 is 14.4 Å². The maximum absolute atomic E-state index is 12.4. The maximum atomic E-state index is 12.4. The second-order valence-electron chi connectivity index (χ2n) is 5.79. The van der Waals surface area contributed by atoms with Crippen LogP contribution in [0.3, 0.4) is 0 Å². The number of benzene rings is 2. The van der Waals surface area contributed by atoms with Gasteiger partial charge in [-0.2, -0.15) is 0 Å². The van der Waals surface area contributed by atoms with Gasteiger partial charge in [-0.05, 0) is 35.9 Å². The number of nitrogens with zero attached hydrogens (tertiary/aromatic N) is 2. The van der Waals surface area contributed by atoms with Gasteiger partial charge in [0, 0.05) is 17.8 Å². The van der Waals surface area contributed by atoms with E-state index in [1.807, 2.05) is 18.2 Å². The highest BCUT2D eigenvalue weighted by Crippen LogP contribution is 2.22. The van der Waals surface area contributed by atoms with Crippen LogP contribution in [0.2, 0.25) is 0 Å². The summed E-state index contributed by atoms with van der Waals surface area (Å²) in [6.07, 6.45) is 0. The van der Waals surface area contributed by atoms with Crippen molar-refractivity contribution in [1.82, 2.24) is 15.6 Å². The molecule has 3 aromatic rings. The zero-order chi connectivity index (χ0) is 18.1. The third-order valence-corrected chi connectivity index (χ3v) is 5.03. The van der Waals surface area contributed by atoms with Gasteiger partial charge in [0.05, 0.1) is 15.7 Å². The zero-order valence-electron chi connectivity index (χ0n) is 13.6. The second kappa shape index (κ2) is 6.57. The van der Waals surface area contributed by atoms with E-state index < -0.39 is 6.03 Å². The first kappa shape index (κ1) is 16.2. The van der Waals surface area contributed by atoms with E-state index in [0.29, 0.717) is 17.8 Å². The largest absolute Gasteiger partial charge is 0.348 e.